The lowest BCUT2D eigenvalue weighted by molar-refractivity contribution is 0.0745. The summed E-state index contributed by atoms with van der Waals surface area (Å²) in [5.41, 5.74) is 1.59. The number of aliphatic imine (C=N–C) groups is 1. The number of hydrogen-bond donors (Lipinski definition) is 0. The van der Waals surface area contributed by atoms with Crippen molar-refractivity contribution in [1.29, 1.82) is 0 Å². The van der Waals surface area contributed by atoms with Crippen LogP contribution in [0, 0.1) is 12.8 Å². The first kappa shape index (κ1) is 13.6. The lowest BCUT2D eigenvalue weighted by atomic mass is 9.86. The van der Waals surface area contributed by atoms with Crippen LogP contribution in [0.3, 0.4) is 0 Å². The molecule has 0 spiro atoms. The second-order valence-electron chi connectivity index (χ2n) is 6.60. The first-order chi connectivity index (χ1) is 9.40. The summed E-state index contributed by atoms with van der Waals surface area (Å²) in [6.45, 7) is 5.24. The first-order valence-electron chi connectivity index (χ1n) is 8.51. The fourth-order valence-electron chi connectivity index (χ4n) is 4.39. The Kier molecular flexibility index (Phi) is 4.57. The van der Waals surface area contributed by atoms with E-state index < -0.39 is 0 Å². The van der Waals surface area contributed by atoms with Crippen LogP contribution < -0.4 is 0 Å². The maximum Gasteiger partial charge on any atom is 0.102 e. The highest BCUT2D eigenvalue weighted by molar-refractivity contribution is 5.89. The fraction of sp³-hybridized carbons (Fsp3) is 0.882. The molecule has 2 heteroatoms. The minimum absolute atomic E-state index is 0.527. The first-order valence-corrected chi connectivity index (χ1v) is 8.51. The number of rotatable bonds is 4. The Bertz CT molecular complexity index is 323. The smallest absolute Gasteiger partial charge is 0.102 e. The summed E-state index contributed by atoms with van der Waals surface area (Å²) >= 11 is 0. The van der Waals surface area contributed by atoms with Gasteiger partial charge in [0.1, 0.15) is 6.17 Å². The van der Waals surface area contributed by atoms with Crippen molar-refractivity contribution in [1.82, 2.24) is 4.90 Å². The zero-order chi connectivity index (χ0) is 13.1. The molecule has 1 aliphatic carbocycles. The molecule has 3 unspecified atom stereocenters. The normalized spacial score (nSPS) is 35.4. The van der Waals surface area contributed by atoms with Gasteiger partial charge in [0, 0.05) is 24.2 Å². The van der Waals surface area contributed by atoms with Crippen molar-refractivity contribution >= 4 is 5.71 Å². The Labute approximate surface area is 118 Å². The monoisotopic (exact) mass is 261 g/mol. The van der Waals surface area contributed by atoms with Crippen LogP contribution >= 0.6 is 0 Å². The summed E-state index contributed by atoms with van der Waals surface area (Å²) in [6, 6.07) is 0.824. The minimum atomic E-state index is 0.527. The Hall–Kier alpha value is -0.370. The molecule has 2 bridgehead atoms. The zero-order valence-corrected chi connectivity index (χ0v) is 12.3. The quantitative estimate of drug-likeness (QED) is 0.692. The van der Waals surface area contributed by atoms with Crippen molar-refractivity contribution in [3.63, 3.8) is 0 Å². The predicted octanol–water partition coefficient (Wildman–Crippen LogP) is 4.21. The Morgan fingerprint density at radius 3 is 2.84 bits per heavy atom. The van der Waals surface area contributed by atoms with E-state index in [2.05, 4.69) is 11.8 Å². The van der Waals surface area contributed by atoms with Crippen molar-refractivity contribution in [2.24, 2.45) is 10.9 Å². The van der Waals surface area contributed by atoms with Crippen molar-refractivity contribution < 1.29 is 0 Å². The molecular formula is C17H29N2. The van der Waals surface area contributed by atoms with E-state index in [-0.39, 0.29) is 0 Å². The lowest BCUT2D eigenvalue weighted by Gasteiger charge is -2.45. The molecule has 2 nitrogen and oxygen atoms in total. The van der Waals surface area contributed by atoms with Crippen LogP contribution in [0.2, 0.25) is 0 Å². The van der Waals surface area contributed by atoms with Gasteiger partial charge in [0.25, 0.3) is 0 Å². The molecule has 1 radical (unpaired) electrons. The number of nitrogens with zero attached hydrogens (tertiary/aromatic N) is 2. The Morgan fingerprint density at radius 1 is 1.05 bits per heavy atom. The number of fused-ring (bicyclic) bond motifs is 4. The highest BCUT2D eigenvalue weighted by atomic mass is 15.3. The highest BCUT2D eigenvalue weighted by Crippen LogP contribution is 2.38. The number of unbranched alkanes of at least 4 members (excludes halogenated alkanes) is 2. The van der Waals surface area contributed by atoms with Crippen LogP contribution in [0.25, 0.3) is 0 Å². The lowest BCUT2D eigenvalue weighted by Crippen LogP contribution is -2.52. The van der Waals surface area contributed by atoms with E-state index in [0.717, 1.165) is 18.4 Å². The van der Waals surface area contributed by atoms with Crippen molar-refractivity contribution in [3.8, 4) is 0 Å². The SMILES string of the molecule is [CH2]CCCCN1C2CCCCCC1C1CCCC1=N2. The van der Waals surface area contributed by atoms with Crippen LogP contribution in [0.1, 0.15) is 70.6 Å². The maximum absolute atomic E-state index is 5.15. The van der Waals surface area contributed by atoms with Crippen LogP contribution in [0.4, 0.5) is 0 Å². The largest absolute Gasteiger partial charge is 0.278 e. The molecule has 0 aromatic heterocycles. The molecular weight excluding hydrogens is 232 g/mol. The van der Waals surface area contributed by atoms with Crippen LogP contribution in [0.15, 0.2) is 4.99 Å². The van der Waals surface area contributed by atoms with Gasteiger partial charge in [-0.1, -0.05) is 32.6 Å². The van der Waals surface area contributed by atoms with Gasteiger partial charge in [-0.15, -0.1) is 0 Å². The van der Waals surface area contributed by atoms with Gasteiger partial charge < -0.3 is 0 Å². The van der Waals surface area contributed by atoms with Gasteiger partial charge >= 0.3 is 0 Å². The van der Waals surface area contributed by atoms with Gasteiger partial charge in [-0.25, -0.2) is 0 Å². The molecule has 19 heavy (non-hydrogen) atoms. The zero-order valence-electron chi connectivity index (χ0n) is 12.3. The van der Waals surface area contributed by atoms with E-state index in [0.29, 0.717) is 6.17 Å². The molecule has 3 rings (SSSR count). The summed E-state index contributed by atoms with van der Waals surface area (Å²) in [4.78, 5) is 7.94. The van der Waals surface area contributed by atoms with Gasteiger partial charge in [0.15, 0.2) is 0 Å². The van der Waals surface area contributed by atoms with Crippen LogP contribution in [-0.4, -0.2) is 29.4 Å². The third kappa shape index (κ3) is 2.89. The second-order valence-corrected chi connectivity index (χ2v) is 6.60. The molecule has 0 amide bonds. The van der Waals surface area contributed by atoms with Gasteiger partial charge in [0.2, 0.25) is 0 Å². The standard InChI is InChI=1S/C17H29N2/c1-2-3-7-13-19-16-11-5-4-6-12-17(19)18-15-10-8-9-14(15)16/h14,16-17H,1-13H2. The van der Waals surface area contributed by atoms with Gasteiger partial charge in [-0.3, -0.25) is 9.89 Å². The van der Waals surface area contributed by atoms with E-state index in [1.165, 1.54) is 70.8 Å². The topological polar surface area (TPSA) is 15.6 Å². The molecule has 3 atom stereocenters. The third-order valence-electron chi connectivity index (χ3n) is 5.34. The van der Waals surface area contributed by atoms with E-state index in [1.807, 2.05) is 0 Å². The summed E-state index contributed by atoms with van der Waals surface area (Å²) in [5.74, 6) is 0.814. The Balaban J connectivity index is 1.76. The molecule has 1 saturated carbocycles. The second kappa shape index (κ2) is 6.39. The maximum atomic E-state index is 5.15. The molecule has 1 saturated heterocycles. The molecule has 107 valence electrons. The van der Waals surface area contributed by atoms with E-state index in [1.54, 1.807) is 5.71 Å². The summed E-state index contributed by atoms with van der Waals surface area (Å²) < 4.78 is 0. The predicted molar refractivity (Wildman–Crippen MR) is 81.4 cm³/mol. The highest BCUT2D eigenvalue weighted by Gasteiger charge is 2.40. The molecule has 2 aliphatic heterocycles. The summed E-state index contributed by atoms with van der Waals surface area (Å²) in [5, 5.41) is 0. The molecule has 0 aromatic carbocycles. The van der Waals surface area contributed by atoms with Crippen molar-refractivity contribution in [3.05, 3.63) is 6.92 Å². The van der Waals surface area contributed by atoms with Gasteiger partial charge in [-0.2, -0.15) is 0 Å². The summed E-state index contributed by atoms with van der Waals surface area (Å²) in [6.07, 6.45) is 15.3. The molecule has 0 N–H and O–H groups in total. The van der Waals surface area contributed by atoms with E-state index in [4.69, 9.17) is 4.99 Å². The van der Waals surface area contributed by atoms with Gasteiger partial charge in [-0.05, 0) is 44.9 Å². The minimum Gasteiger partial charge on any atom is -0.278 e. The van der Waals surface area contributed by atoms with Crippen LogP contribution in [0.5, 0.6) is 0 Å². The molecule has 2 heterocycles. The third-order valence-corrected chi connectivity index (χ3v) is 5.34. The Morgan fingerprint density at radius 2 is 1.95 bits per heavy atom. The number of hydrogen-bond acceptors (Lipinski definition) is 2. The average Bonchev–Trinajstić information content (AvgIpc) is 2.87. The van der Waals surface area contributed by atoms with Crippen molar-refractivity contribution in [2.45, 2.75) is 82.8 Å². The average molecular weight is 261 g/mol. The molecule has 2 fully saturated rings. The van der Waals surface area contributed by atoms with Crippen molar-refractivity contribution in [2.75, 3.05) is 6.54 Å². The fourth-order valence-corrected chi connectivity index (χ4v) is 4.39. The molecule has 3 aliphatic rings. The molecule has 0 aromatic rings. The van der Waals surface area contributed by atoms with Crippen LogP contribution in [-0.2, 0) is 0 Å². The van der Waals surface area contributed by atoms with Gasteiger partial charge in [0.05, 0.1) is 0 Å². The van der Waals surface area contributed by atoms with E-state index in [9.17, 15) is 0 Å². The summed E-state index contributed by atoms with van der Waals surface area (Å²) in [7, 11) is 0. The van der Waals surface area contributed by atoms with E-state index >= 15 is 0 Å².